The maximum absolute atomic E-state index is 13.2. The first-order valence-corrected chi connectivity index (χ1v) is 14.8. The van der Waals surface area contributed by atoms with Crippen LogP contribution in [0.15, 0.2) is 41.0 Å². The van der Waals surface area contributed by atoms with Gasteiger partial charge < -0.3 is 5.73 Å². The summed E-state index contributed by atoms with van der Waals surface area (Å²) in [4.78, 5) is 17.1. The Kier molecular flexibility index (Phi) is 8.27. The highest BCUT2D eigenvalue weighted by molar-refractivity contribution is 9.10. The van der Waals surface area contributed by atoms with E-state index in [4.69, 9.17) is 10.7 Å². The lowest BCUT2D eigenvalue weighted by molar-refractivity contribution is -0.120. The number of nitrogens with two attached hydrogens (primary N) is 1. The summed E-state index contributed by atoms with van der Waals surface area (Å²) in [6.45, 7) is 6.27. The monoisotopic (exact) mass is 621 g/mol. The van der Waals surface area contributed by atoms with E-state index in [0.29, 0.717) is 41.6 Å². The van der Waals surface area contributed by atoms with Crippen molar-refractivity contribution < 1.29 is 22.0 Å². The van der Waals surface area contributed by atoms with E-state index in [1.54, 1.807) is 10.7 Å². The fourth-order valence-corrected chi connectivity index (χ4v) is 5.97. The second-order valence-corrected chi connectivity index (χ2v) is 12.6. The lowest BCUT2D eigenvalue weighted by Gasteiger charge is -2.28. The maximum Gasteiger partial charge on any atom is 0.361 e. The molecule has 0 radical (unpaired) electrons. The highest BCUT2D eigenvalue weighted by Crippen LogP contribution is 2.41. The number of fused-ring (bicyclic) bond motifs is 1. The largest absolute Gasteiger partial charge is 0.383 e. The molecule has 0 bridgehead atoms. The van der Waals surface area contributed by atoms with Crippen LogP contribution in [-0.4, -0.2) is 34.2 Å². The number of alkyl halides is 2. The van der Waals surface area contributed by atoms with Crippen molar-refractivity contribution in [1.82, 2.24) is 19.3 Å². The minimum absolute atomic E-state index is 0.0380. The van der Waals surface area contributed by atoms with Crippen LogP contribution in [0.25, 0.3) is 23.9 Å². The van der Waals surface area contributed by atoms with Crippen LogP contribution in [-0.2, 0) is 14.8 Å². The average Bonchev–Trinajstić information content (AvgIpc) is 3.29. The summed E-state index contributed by atoms with van der Waals surface area (Å²) in [5, 5.41) is 2.31. The fraction of sp³-hybridized carbons (Fsp3) is 0.370. The summed E-state index contributed by atoms with van der Waals surface area (Å²) >= 11 is 3.59. The highest BCUT2D eigenvalue weighted by atomic mass is 79.9. The molecule has 0 unspecified atom stereocenters. The molecule has 1 saturated carbocycles. The van der Waals surface area contributed by atoms with Crippen molar-refractivity contribution >= 4 is 61.6 Å². The Hall–Kier alpha value is -3.12. The van der Waals surface area contributed by atoms with E-state index in [1.807, 2.05) is 43.3 Å². The topological polar surface area (TPSA) is 119 Å². The first-order valence-electron chi connectivity index (χ1n) is 12.5. The van der Waals surface area contributed by atoms with Gasteiger partial charge in [0.25, 0.3) is 0 Å². The van der Waals surface area contributed by atoms with Gasteiger partial charge in [0.05, 0.1) is 16.4 Å². The number of nitrogens with one attached hydrogen (secondary N) is 1. The number of rotatable bonds is 7. The summed E-state index contributed by atoms with van der Waals surface area (Å²) in [7, 11) is -5.04. The Morgan fingerprint density at radius 3 is 2.56 bits per heavy atom. The van der Waals surface area contributed by atoms with E-state index in [2.05, 4.69) is 27.6 Å². The van der Waals surface area contributed by atoms with Crippen LogP contribution < -0.4 is 20.9 Å². The van der Waals surface area contributed by atoms with Crippen LogP contribution in [0, 0.1) is 5.92 Å². The molecule has 0 aliphatic heterocycles. The van der Waals surface area contributed by atoms with Crippen molar-refractivity contribution in [3.8, 4) is 0 Å². The fourth-order valence-electron chi connectivity index (χ4n) is 4.83. The van der Waals surface area contributed by atoms with Gasteiger partial charge in [-0.25, -0.2) is 18.1 Å². The Morgan fingerprint density at radius 1 is 1.28 bits per heavy atom. The summed E-state index contributed by atoms with van der Waals surface area (Å²) in [5.41, 5.74) is 9.58. The molecule has 3 N–H and O–H groups in total. The van der Waals surface area contributed by atoms with Crippen molar-refractivity contribution in [3.05, 3.63) is 62.7 Å². The molecule has 1 aromatic carbocycles. The van der Waals surface area contributed by atoms with E-state index >= 15 is 0 Å². The number of allylic oxidation sites excluding steroid dienone is 2. The van der Waals surface area contributed by atoms with Gasteiger partial charge in [-0.15, -0.1) is 0 Å². The van der Waals surface area contributed by atoms with Gasteiger partial charge >= 0.3 is 15.3 Å². The van der Waals surface area contributed by atoms with Gasteiger partial charge in [0.15, 0.2) is 5.65 Å². The predicted molar refractivity (Wildman–Crippen MR) is 151 cm³/mol. The summed E-state index contributed by atoms with van der Waals surface area (Å²) in [6.07, 6.45) is 8.18. The Bertz CT molecular complexity index is 1660. The number of nitrogen functional groups attached to an aromatic ring is 1. The van der Waals surface area contributed by atoms with E-state index in [9.17, 15) is 22.0 Å². The van der Waals surface area contributed by atoms with Crippen molar-refractivity contribution in [2.45, 2.75) is 57.1 Å². The second kappa shape index (κ2) is 11.2. The number of sulfonamides is 1. The average molecular weight is 623 g/mol. The Balaban J connectivity index is 1.56. The summed E-state index contributed by atoms with van der Waals surface area (Å²) < 4.78 is 53.4. The van der Waals surface area contributed by atoms with Gasteiger partial charge in [0.2, 0.25) is 5.91 Å². The van der Waals surface area contributed by atoms with Gasteiger partial charge in [0.1, 0.15) is 5.82 Å². The number of nitrogens with zero attached hydrogens (tertiary/aromatic N) is 3. The number of carbonyl (C=O) groups is 1. The quantitative estimate of drug-likeness (QED) is 0.410. The molecular formula is C27H30BrF2N5O3S. The SMILES string of the molecule is C=c1cccc/c1=C/C(=C\C)c1cnn2c(N)c(Br)c(C3CCC(CC(=O)NS(=O)(=O)C(C)(F)F)CC3)nc12. The second-order valence-electron chi connectivity index (χ2n) is 9.84. The number of aromatic nitrogens is 3. The normalized spacial score (nSPS) is 19.4. The predicted octanol–water partition coefficient (Wildman–Crippen LogP) is 4.09. The number of hydrogen-bond acceptors (Lipinski definition) is 6. The minimum Gasteiger partial charge on any atom is -0.383 e. The van der Waals surface area contributed by atoms with Gasteiger partial charge in [-0.2, -0.15) is 18.4 Å². The number of anilines is 1. The van der Waals surface area contributed by atoms with Crippen LogP contribution in [0.3, 0.4) is 0 Å². The minimum atomic E-state index is -5.04. The third kappa shape index (κ3) is 6.06. The summed E-state index contributed by atoms with van der Waals surface area (Å²) in [5.74, 6) is -0.593. The van der Waals surface area contributed by atoms with Crippen LogP contribution in [0.2, 0.25) is 0 Å². The molecule has 1 aliphatic carbocycles. The molecule has 1 aliphatic rings. The molecule has 2 aromatic heterocycles. The number of amides is 1. The molecule has 3 aromatic rings. The van der Waals surface area contributed by atoms with E-state index in [0.717, 1.165) is 27.3 Å². The molecule has 12 heteroatoms. The molecule has 0 saturated heterocycles. The highest BCUT2D eigenvalue weighted by Gasteiger charge is 2.41. The third-order valence-electron chi connectivity index (χ3n) is 7.06. The Labute approximate surface area is 233 Å². The number of benzene rings is 1. The van der Waals surface area contributed by atoms with E-state index in [1.165, 1.54) is 4.72 Å². The van der Waals surface area contributed by atoms with Gasteiger partial charge in [-0.05, 0) is 76.5 Å². The number of hydrogen-bond donors (Lipinski definition) is 2. The van der Waals surface area contributed by atoms with E-state index < -0.39 is 21.2 Å². The van der Waals surface area contributed by atoms with Crippen LogP contribution in [0.4, 0.5) is 14.6 Å². The van der Waals surface area contributed by atoms with Gasteiger partial charge in [-0.3, -0.25) is 4.79 Å². The summed E-state index contributed by atoms with van der Waals surface area (Å²) in [6, 6.07) is 7.82. The zero-order chi connectivity index (χ0) is 28.5. The van der Waals surface area contributed by atoms with Gasteiger partial charge in [0, 0.05) is 24.8 Å². The molecule has 4 rings (SSSR count). The van der Waals surface area contributed by atoms with E-state index in [-0.39, 0.29) is 25.2 Å². The number of halogens is 3. The molecule has 0 spiro atoms. The first kappa shape index (κ1) is 28.9. The van der Waals surface area contributed by atoms with Crippen molar-refractivity contribution in [1.29, 1.82) is 0 Å². The van der Waals surface area contributed by atoms with Crippen LogP contribution in [0.1, 0.15) is 63.1 Å². The molecular weight excluding hydrogens is 592 g/mol. The van der Waals surface area contributed by atoms with Crippen molar-refractivity contribution in [2.75, 3.05) is 5.73 Å². The maximum atomic E-state index is 13.2. The molecule has 1 amide bonds. The lowest BCUT2D eigenvalue weighted by Crippen LogP contribution is -2.41. The lowest BCUT2D eigenvalue weighted by atomic mass is 9.79. The van der Waals surface area contributed by atoms with Crippen LogP contribution >= 0.6 is 15.9 Å². The van der Waals surface area contributed by atoms with Crippen molar-refractivity contribution in [2.24, 2.45) is 5.92 Å². The molecule has 0 atom stereocenters. The molecule has 208 valence electrons. The van der Waals surface area contributed by atoms with Gasteiger partial charge in [-0.1, -0.05) is 36.9 Å². The molecule has 8 nitrogen and oxygen atoms in total. The zero-order valence-electron chi connectivity index (χ0n) is 21.6. The number of carbonyl (C=O) groups excluding carboxylic acids is 1. The van der Waals surface area contributed by atoms with Crippen LogP contribution in [0.5, 0.6) is 0 Å². The smallest absolute Gasteiger partial charge is 0.361 e. The first-order chi connectivity index (χ1) is 18.3. The third-order valence-corrected chi connectivity index (χ3v) is 9.32. The van der Waals surface area contributed by atoms with Crippen molar-refractivity contribution in [3.63, 3.8) is 0 Å². The zero-order valence-corrected chi connectivity index (χ0v) is 24.0. The molecule has 1 fully saturated rings. The molecule has 39 heavy (non-hydrogen) atoms. The Morgan fingerprint density at radius 2 is 1.95 bits per heavy atom. The standard InChI is InChI=1S/C27H30BrF2N5O3S/c1-4-18(14-20-8-6-5-7-16(20)2)21-15-32-35-25(31)23(28)24(33-26(21)35)19-11-9-17(10-12-19)13-22(36)34-39(37,38)27(3,29)30/h4-8,14-15,17,19H,2,9-13,31H2,1,3H3,(H,34,36)/b18-4+,20-14-. The molecule has 2 heterocycles.